The van der Waals surface area contributed by atoms with Gasteiger partial charge in [-0.1, -0.05) is 39.7 Å². The van der Waals surface area contributed by atoms with Crippen LogP contribution in [-0.4, -0.2) is 56.7 Å². The van der Waals surface area contributed by atoms with Crippen molar-refractivity contribution in [1.29, 1.82) is 0 Å². The second-order valence-corrected chi connectivity index (χ2v) is 13.9. The van der Waals surface area contributed by atoms with Crippen LogP contribution in [0.25, 0.3) is 0 Å². The van der Waals surface area contributed by atoms with E-state index in [0.717, 1.165) is 30.1 Å². The molecule has 0 amide bonds. The van der Waals surface area contributed by atoms with Crippen LogP contribution < -0.4 is 5.32 Å². The van der Waals surface area contributed by atoms with Crippen molar-refractivity contribution in [3.63, 3.8) is 0 Å². The van der Waals surface area contributed by atoms with Crippen LogP contribution in [0.15, 0.2) is 12.2 Å². The van der Waals surface area contributed by atoms with Crippen molar-refractivity contribution in [2.24, 2.45) is 28.6 Å². The zero-order valence-corrected chi connectivity index (χ0v) is 21.4. The van der Waals surface area contributed by atoms with Crippen molar-refractivity contribution in [2.75, 3.05) is 11.9 Å². The molecule has 0 aromatic carbocycles. The van der Waals surface area contributed by atoms with E-state index >= 15 is 0 Å². The molecule has 4 bridgehead atoms. The third kappa shape index (κ3) is 2.42. The predicted molar refractivity (Wildman–Crippen MR) is 131 cm³/mol. The average molecular weight is 501 g/mol. The third-order valence-corrected chi connectivity index (χ3v) is 11.8. The van der Waals surface area contributed by atoms with Gasteiger partial charge >= 0.3 is 0 Å². The number of nitrogens with one attached hydrogen (secondary N) is 1. The van der Waals surface area contributed by atoms with Gasteiger partial charge in [0.15, 0.2) is 10.9 Å². The van der Waals surface area contributed by atoms with Crippen LogP contribution in [-0.2, 0) is 21.4 Å². The first-order valence-electron chi connectivity index (χ1n) is 13.3. The molecule has 4 saturated carbocycles. The Morgan fingerprint density at radius 3 is 2.60 bits per heavy atom. The SMILES string of the molecule is C=C1C(=O)[C@]23[C@H](O)C1CC[C@H]2[C@@]12CO[C@]3(O)[C@@H](O)[C@@H]1C(C)(C)Cc1sc(NC3CCCCC3)nc12. The Bertz CT molecular complexity index is 1130. The van der Waals surface area contributed by atoms with Gasteiger partial charge in [0.1, 0.15) is 11.5 Å². The molecular formula is C27H36N2O5S. The van der Waals surface area contributed by atoms with Crippen LogP contribution in [0.1, 0.15) is 69.4 Å². The highest BCUT2D eigenvalue weighted by Crippen LogP contribution is 2.75. The van der Waals surface area contributed by atoms with E-state index in [1.54, 1.807) is 11.3 Å². The Hall–Kier alpha value is -1.32. The summed E-state index contributed by atoms with van der Waals surface area (Å²) in [7, 11) is 0. The van der Waals surface area contributed by atoms with Crippen LogP contribution in [0.2, 0.25) is 0 Å². The number of Topliss-reactive ketones (excluding diaryl/α,β-unsaturated/α-hetero) is 1. The van der Waals surface area contributed by atoms with Crippen molar-refractivity contribution in [3.05, 3.63) is 22.7 Å². The minimum absolute atomic E-state index is 0.192. The molecule has 3 heterocycles. The molecule has 0 radical (unpaired) electrons. The maximum Gasteiger partial charge on any atom is 0.208 e. The number of rotatable bonds is 2. The standard InChI is InChI=1S/C27H36N2O5S/c1-13-15-9-10-17-25-12-34-27(33,26(17,20(13)30)21(15)31)22(32)18(25)24(2,3)11-16-19(25)29-23(35-16)28-14-7-5-4-6-8-14/h14-15,17-18,21-22,31-33H,1,4-12H2,2-3H3,(H,28,29)/t15?,17-,18+,21+,22-,25-,26-,27+/m0/s1. The molecular weight excluding hydrogens is 464 g/mol. The maximum absolute atomic E-state index is 13.9. The molecule has 2 spiro atoms. The van der Waals surface area contributed by atoms with Crippen molar-refractivity contribution >= 4 is 22.3 Å². The average Bonchev–Trinajstić information content (AvgIpc) is 3.24. The smallest absolute Gasteiger partial charge is 0.208 e. The topological polar surface area (TPSA) is 112 Å². The highest BCUT2D eigenvalue weighted by molar-refractivity contribution is 7.15. The van der Waals surface area contributed by atoms with E-state index in [4.69, 9.17) is 9.72 Å². The number of aromatic nitrogens is 1. The third-order valence-electron chi connectivity index (χ3n) is 10.8. The maximum atomic E-state index is 13.9. The molecule has 2 saturated heterocycles. The van der Waals surface area contributed by atoms with E-state index in [0.29, 0.717) is 24.5 Å². The Morgan fingerprint density at radius 1 is 1.11 bits per heavy atom. The van der Waals surface area contributed by atoms with Gasteiger partial charge in [-0.25, -0.2) is 4.98 Å². The number of fused-ring (bicyclic) bond motifs is 3. The minimum atomic E-state index is -2.13. The van der Waals surface area contributed by atoms with Crippen LogP contribution in [0.5, 0.6) is 0 Å². The van der Waals surface area contributed by atoms with Gasteiger partial charge in [0.05, 0.1) is 18.4 Å². The first-order valence-corrected chi connectivity index (χ1v) is 14.1. The van der Waals surface area contributed by atoms with Gasteiger partial charge in [0, 0.05) is 28.2 Å². The van der Waals surface area contributed by atoms with Gasteiger partial charge in [0.25, 0.3) is 0 Å². The highest BCUT2D eigenvalue weighted by atomic mass is 32.1. The Labute approximate surface area is 210 Å². The van der Waals surface area contributed by atoms with Gasteiger partial charge in [-0.2, -0.15) is 0 Å². The lowest BCUT2D eigenvalue weighted by Crippen LogP contribution is -2.85. The number of anilines is 1. The van der Waals surface area contributed by atoms with Crippen molar-refractivity contribution in [1.82, 2.24) is 4.98 Å². The van der Waals surface area contributed by atoms with Gasteiger partial charge in [-0.05, 0) is 49.0 Å². The second-order valence-electron chi connectivity index (χ2n) is 12.8. The number of ether oxygens (including phenoxy) is 1. The zero-order chi connectivity index (χ0) is 24.5. The number of carbonyl (C=O) groups excluding carboxylic acids is 1. The van der Waals surface area contributed by atoms with Crippen LogP contribution >= 0.6 is 11.3 Å². The lowest BCUT2D eigenvalue weighted by molar-refractivity contribution is -0.429. The van der Waals surface area contributed by atoms with Crippen molar-refractivity contribution < 1.29 is 24.9 Å². The highest BCUT2D eigenvalue weighted by Gasteiger charge is 2.86. The molecule has 4 N–H and O–H groups in total. The molecule has 5 aliphatic carbocycles. The lowest BCUT2D eigenvalue weighted by Gasteiger charge is -2.73. The molecule has 6 fully saturated rings. The summed E-state index contributed by atoms with van der Waals surface area (Å²) in [6.07, 6.45) is 5.68. The fraction of sp³-hybridized carbons (Fsp3) is 0.778. The molecule has 7 aliphatic rings. The first-order chi connectivity index (χ1) is 16.6. The molecule has 2 aliphatic heterocycles. The minimum Gasteiger partial charge on any atom is -0.391 e. The molecule has 8 rings (SSSR count). The van der Waals surface area contributed by atoms with Crippen LogP contribution in [0.4, 0.5) is 5.13 Å². The van der Waals surface area contributed by atoms with Gasteiger partial charge in [-0.15, -0.1) is 11.3 Å². The molecule has 8 heteroatoms. The van der Waals surface area contributed by atoms with E-state index < -0.39 is 34.7 Å². The molecule has 1 aromatic heterocycles. The van der Waals surface area contributed by atoms with E-state index in [9.17, 15) is 20.1 Å². The summed E-state index contributed by atoms with van der Waals surface area (Å²) < 4.78 is 6.15. The van der Waals surface area contributed by atoms with Gasteiger partial charge < -0.3 is 25.4 Å². The largest absolute Gasteiger partial charge is 0.391 e. The summed E-state index contributed by atoms with van der Waals surface area (Å²) in [5.41, 5.74) is -1.44. The number of hydrogen-bond donors (Lipinski definition) is 4. The number of nitrogens with zero attached hydrogens (tertiary/aromatic N) is 1. The van der Waals surface area contributed by atoms with E-state index in [2.05, 4.69) is 25.7 Å². The van der Waals surface area contributed by atoms with E-state index in [1.165, 1.54) is 24.1 Å². The van der Waals surface area contributed by atoms with E-state index in [1.807, 2.05) is 0 Å². The monoisotopic (exact) mass is 500 g/mol. The fourth-order valence-corrected chi connectivity index (χ4v) is 10.9. The molecule has 8 atom stereocenters. The Morgan fingerprint density at radius 2 is 1.86 bits per heavy atom. The fourth-order valence-electron chi connectivity index (χ4n) is 9.58. The summed E-state index contributed by atoms with van der Waals surface area (Å²) in [6.45, 7) is 8.50. The first kappa shape index (κ1) is 22.8. The number of thiazole rings is 1. The lowest BCUT2D eigenvalue weighted by atomic mass is 9.36. The van der Waals surface area contributed by atoms with Gasteiger partial charge in [0.2, 0.25) is 5.79 Å². The van der Waals surface area contributed by atoms with Crippen molar-refractivity contribution in [2.45, 2.75) is 94.7 Å². The number of hydrogen-bond acceptors (Lipinski definition) is 8. The molecule has 35 heavy (non-hydrogen) atoms. The number of aliphatic hydroxyl groups excluding tert-OH is 2. The Kier molecular flexibility index (Phi) is 4.54. The number of aliphatic hydroxyl groups is 3. The molecule has 7 nitrogen and oxygen atoms in total. The number of carbonyl (C=O) groups is 1. The second kappa shape index (κ2) is 6.95. The van der Waals surface area contributed by atoms with Crippen molar-refractivity contribution in [3.8, 4) is 0 Å². The summed E-state index contributed by atoms with van der Waals surface area (Å²) in [4.78, 5) is 20.2. The van der Waals surface area contributed by atoms with E-state index in [-0.39, 0.29) is 29.6 Å². The predicted octanol–water partition coefficient (Wildman–Crippen LogP) is 2.93. The van der Waals surface area contributed by atoms with Crippen LogP contribution in [0, 0.1) is 28.6 Å². The molecule has 1 aromatic rings. The van der Waals surface area contributed by atoms with Crippen LogP contribution in [0.3, 0.4) is 0 Å². The quantitative estimate of drug-likeness (QED) is 0.462. The molecule has 1 unspecified atom stereocenters. The summed E-state index contributed by atoms with van der Waals surface area (Å²) in [5.74, 6) is -3.58. The summed E-state index contributed by atoms with van der Waals surface area (Å²) in [5, 5.41) is 40.0. The summed E-state index contributed by atoms with van der Waals surface area (Å²) >= 11 is 1.69. The Balaban J connectivity index is 1.42. The normalized spacial score (nSPS) is 47.9. The van der Waals surface area contributed by atoms with Gasteiger partial charge in [-0.3, -0.25) is 4.79 Å². The summed E-state index contributed by atoms with van der Waals surface area (Å²) in [6, 6.07) is 0.422. The number of ketones is 1. The zero-order valence-electron chi connectivity index (χ0n) is 20.5. The molecule has 190 valence electrons.